The Kier molecular flexibility index (Phi) is 4.96. The van der Waals surface area contributed by atoms with Gasteiger partial charge in [-0.05, 0) is 30.2 Å². The Hall–Kier alpha value is -2.99. The lowest BCUT2D eigenvalue weighted by molar-refractivity contribution is -0.159. The van der Waals surface area contributed by atoms with E-state index in [-0.39, 0.29) is 43.0 Å². The lowest BCUT2D eigenvalue weighted by atomic mass is 9.73. The minimum atomic E-state index is -0.233. The fourth-order valence-electron chi connectivity index (χ4n) is 4.35. The molecule has 0 bridgehead atoms. The second-order valence-electron chi connectivity index (χ2n) is 7.23. The molecule has 2 saturated heterocycles. The van der Waals surface area contributed by atoms with Crippen LogP contribution in [0.2, 0.25) is 0 Å². The summed E-state index contributed by atoms with van der Waals surface area (Å²) in [7, 11) is 0. The fraction of sp³-hybridized carbons (Fsp3) is 0.318. The molecule has 28 heavy (non-hydrogen) atoms. The highest BCUT2D eigenvalue weighted by atomic mass is 16.3. The Morgan fingerprint density at radius 2 is 1.93 bits per heavy atom. The van der Waals surface area contributed by atoms with Gasteiger partial charge in [0.1, 0.15) is 6.54 Å². The summed E-state index contributed by atoms with van der Waals surface area (Å²) in [6, 6.07) is 11.2. The summed E-state index contributed by atoms with van der Waals surface area (Å²) in [5.74, 6) is -0.258. The van der Waals surface area contributed by atoms with Crippen molar-refractivity contribution in [1.82, 2.24) is 14.8 Å². The Balaban J connectivity index is 1.58. The van der Waals surface area contributed by atoms with Gasteiger partial charge in [0.25, 0.3) is 5.91 Å². The van der Waals surface area contributed by atoms with Crippen LogP contribution in [0.4, 0.5) is 0 Å². The topological polar surface area (TPSA) is 73.7 Å². The van der Waals surface area contributed by atoms with Crippen LogP contribution in [-0.2, 0) is 4.79 Å². The van der Waals surface area contributed by atoms with Crippen molar-refractivity contribution < 1.29 is 14.7 Å². The Labute approximate surface area is 164 Å². The second-order valence-corrected chi connectivity index (χ2v) is 7.23. The van der Waals surface area contributed by atoms with E-state index in [9.17, 15) is 14.7 Å². The van der Waals surface area contributed by atoms with Crippen LogP contribution < -0.4 is 0 Å². The zero-order valence-corrected chi connectivity index (χ0v) is 15.7. The van der Waals surface area contributed by atoms with Crippen molar-refractivity contribution in [2.75, 3.05) is 19.7 Å². The molecule has 0 saturated carbocycles. The maximum absolute atomic E-state index is 12.8. The van der Waals surface area contributed by atoms with Gasteiger partial charge in [0.2, 0.25) is 5.91 Å². The third kappa shape index (κ3) is 3.10. The summed E-state index contributed by atoms with van der Waals surface area (Å²) in [5, 5.41) is 9.87. The fourth-order valence-corrected chi connectivity index (χ4v) is 4.35. The summed E-state index contributed by atoms with van der Waals surface area (Å²) in [6.07, 6.45) is 7.16. The maximum Gasteiger partial charge on any atom is 0.254 e. The smallest absolute Gasteiger partial charge is 0.254 e. The molecule has 2 amide bonds. The number of carbonyl (C=O) groups excluding carboxylic acids is 2. The predicted octanol–water partition coefficient (Wildman–Crippen LogP) is 1.93. The van der Waals surface area contributed by atoms with Crippen LogP contribution in [0, 0.1) is 0 Å². The molecule has 2 fully saturated rings. The van der Waals surface area contributed by atoms with E-state index < -0.39 is 0 Å². The predicted molar refractivity (Wildman–Crippen MR) is 106 cm³/mol. The SMILES string of the molecule is CC=Cc1ccc([C@H]2[C@H]3CN(C(=O)c4ccncc4)CC(=O)N3[C@H]2CO)cc1. The van der Waals surface area contributed by atoms with E-state index >= 15 is 0 Å². The lowest BCUT2D eigenvalue weighted by Gasteiger charge is -2.58. The van der Waals surface area contributed by atoms with Crippen molar-refractivity contribution in [3.05, 3.63) is 71.6 Å². The van der Waals surface area contributed by atoms with Gasteiger partial charge in [-0.15, -0.1) is 0 Å². The third-order valence-electron chi connectivity index (χ3n) is 5.65. The Morgan fingerprint density at radius 3 is 2.57 bits per heavy atom. The minimum absolute atomic E-state index is 0.0154. The van der Waals surface area contributed by atoms with E-state index in [1.165, 1.54) is 0 Å². The molecule has 6 heteroatoms. The monoisotopic (exact) mass is 377 g/mol. The maximum atomic E-state index is 12.8. The number of carbonyl (C=O) groups is 2. The molecule has 3 atom stereocenters. The Bertz CT molecular complexity index is 895. The van der Waals surface area contributed by atoms with Crippen molar-refractivity contribution in [3.63, 3.8) is 0 Å². The Morgan fingerprint density at radius 1 is 1.21 bits per heavy atom. The zero-order valence-electron chi connectivity index (χ0n) is 15.7. The molecular weight excluding hydrogens is 354 g/mol. The number of aliphatic hydroxyl groups excluding tert-OH is 1. The number of aliphatic hydroxyl groups is 1. The minimum Gasteiger partial charge on any atom is -0.394 e. The molecule has 4 rings (SSSR count). The van der Waals surface area contributed by atoms with Crippen LogP contribution in [0.15, 0.2) is 54.9 Å². The number of rotatable bonds is 4. The first-order chi connectivity index (χ1) is 13.6. The number of fused-ring (bicyclic) bond motifs is 1. The van der Waals surface area contributed by atoms with Gasteiger partial charge in [-0.1, -0.05) is 36.4 Å². The van der Waals surface area contributed by atoms with Gasteiger partial charge in [0.15, 0.2) is 0 Å². The van der Waals surface area contributed by atoms with Gasteiger partial charge >= 0.3 is 0 Å². The van der Waals surface area contributed by atoms with Gasteiger partial charge in [-0.25, -0.2) is 0 Å². The molecule has 1 aromatic carbocycles. The average molecular weight is 377 g/mol. The molecule has 0 spiro atoms. The van der Waals surface area contributed by atoms with Crippen molar-refractivity contribution in [1.29, 1.82) is 0 Å². The molecule has 2 aliphatic rings. The highest BCUT2D eigenvalue weighted by molar-refractivity contribution is 5.97. The van der Waals surface area contributed by atoms with Crippen molar-refractivity contribution in [3.8, 4) is 0 Å². The molecule has 2 aliphatic heterocycles. The molecule has 3 heterocycles. The van der Waals surface area contributed by atoms with E-state index in [0.29, 0.717) is 12.1 Å². The van der Waals surface area contributed by atoms with Crippen LogP contribution in [-0.4, -0.2) is 63.5 Å². The molecule has 144 valence electrons. The van der Waals surface area contributed by atoms with Gasteiger partial charge in [0, 0.05) is 30.4 Å². The quantitative estimate of drug-likeness (QED) is 0.884. The highest BCUT2D eigenvalue weighted by Crippen LogP contribution is 2.43. The molecule has 2 aromatic rings. The van der Waals surface area contributed by atoms with Crippen LogP contribution >= 0.6 is 0 Å². The van der Waals surface area contributed by atoms with Gasteiger partial charge in [-0.3, -0.25) is 14.6 Å². The number of pyridine rings is 1. The van der Waals surface area contributed by atoms with E-state index in [1.54, 1.807) is 34.3 Å². The van der Waals surface area contributed by atoms with Crippen molar-refractivity contribution >= 4 is 17.9 Å². The summed E-state index contributed by atoms with van der Waals surface area (Å²) in [5.41, 5.74) is 2.72. The first-order valence-electron chi connectivity index (χ1n) is 9.48. The molecule has 0 unspecified atom stereocenters. The third-order valence-corrected chi connectivity index (χ3v) is 5.65. The molecule has 1 aromatic heterocycles. The van der Waals surface area contributed by atoms with Crippen molar-refractivity contribution in [2.24, 2.45) is 0 Å². The van der Waals surface area contributed by atoms with E-state index in [2.05, 4.69) is 4.98 Å². The zero-order chi connectivity index (χ0) is 19.7. The lowest BCUT2D eigenvalue weighted by Crippen LogP contribution is -2.73. The van der Waals surface area contributed by atoms with E-state index in [1.807, 2.05) is 43.3 Å². The number of hydrogen-bond acceptors (Lipinski definition) is 4. The number of allylic oxidation sites excluding steroid dienone is 1. The highest BCUT2D eigenvalue weighted by Gasteiger charge is 2.54. The number of amides is 2. The summed E-state index contributed by atoms with van der Waals surface area (Å²) in [4.78, 5) is 32.8. The van der Waals surface area contributed by atoms with Crippen LogP contribution in [0.1, 0.15) is 34.3 Å². The molecule has 0 radical (unpaired) electrons. The number of hydrogen-bond donors (Lipinski definition) is 1. The van der Waals surface area contributed by atoms with Gasteiger partial charge in [0.05, 0.1) is 18.7 Å². The summed E-state index contributed by atoms with van der Waals surface area (Å²) >= 11 is 0. The first kappa shape index (κ1) is 18.4. The normalized spacial score (nSPS) is 24.2. The first-order valence-corrected chi connectivity index (χ1v) is 9.48. The van der Waals surface area contributed by atoms with E-state index in [4.69, 9.17) is 0 Å². The number of nitrogens with zero attached hydrogens (tertiary/aromatic N) is 3. The molecule has 1 N–H and O–H groups in total. The van der Waals surface area contributed by atoms with Gasteiger partial charge in [-0.2, -0.15) is 0 Å². The molecule has 0 aliphatic carbocycles. The van der Waals surface area contributed by atoms with Crippen LogP contribution in [0.25, 0.3) is 6.08 Å². The largest absolute Gasteiger partial charge is 0.394 e. The average Bonchev–Trinajstić information content (AvgIpc) is 2.71. The second kappa shape index (κ2) is 7.56. The molecule has 6 nitrogen and oxygen atoms in total. The number of piperazine rings is 1. The number of aromatic nitrogens is 1. The standard InChI is InChI=1S/C22H23N3O3/c1-2-3-15-4-6-16(7-5-15)21-18-12-24(13-20(27)25(18)19(21)14-26)22(28)17-8-10-23-11-9-17/h2-11,18-19,21,26H,12-14H2,1H3/t18-,19+,21+/m1/s1. The molecular formula is C22H23N3O3. The van der Waals surface area contributed by atoms with Crippen molar-refractivity contribution in [2.45, 2.75) is 24.9 Å². The van der Waals surface area contributed by atoms with Crippen LogP contribution in [0.5, 0.6) is 0 Å². The number of benzene rings is 1. The van der Waals surface area contributed by atoms with E-state index in [0.717, 1.165) is 11.1 Å². The summed E-state index contributed by atoms with van der Waals surface area (Å²) in [6.45, 7) is 2.40. The summed E-state index contributed by atoms with van der Waals surface area (Å²) < 4.78 is 0. The van der Waals surface area contributed by atoms with Gasteiger partial charge < -0.3 is 14.9 Å². The van der Waals surface area contributed by atoms with Crippen LogP contribution in [0.3, 0.4) is 0 Å².